The van der Waals surface area contributed by atoms with Crippen molar-refractivity contribution in [3.8, 4) is 5.75 Å². The lowest BCUT2D eigenvalue weighted by Crippen LogP contribution is -2.39. The van der Waals surface area contributed by atoms with E-state index in [-0.39, 0.29) is 30.1 Å². The number of para-hydroxylation sites is 1. The molecule has 1 aromatic rings. The van der Waals surface area contributed by atoms with Gasteiger partial charge in [-0.05, 0) is 37.9 Å². The lowest BCUT2D eigenvalue weighted by atomic mass is 10.2. The molecular formula is C19H33IN4O2. The van der Waals surface area contributed by atoms with Gasteiger partial charge in [0.1, 0.15) is 11.9 Å². The number of morpholine rings is 1. The summed E-state index contributed by atoms with van der Waals surface area (Å²) in [6, 6.07) is 8.05. The SMILES string of the molecule is CCC(CN=C(N)NCCCN1CCOCC1)Oc1ccccc1C.I. The van der Waals surface area contributed by atoms with E-state index >= 15 is 0 Å². The summed E-state index contributed by atoms with van der Waals surface area (Å²) >= 11 is 0. The average Bonchev–Trinajstić information content (AvgIpc) is 2.64. The smallest absolute Gasteiger partial charge is 0.188 e. The van der Waals surface area contributed by atoms with Gasteiger partial charge in [-0.25, -0.2) is 4.99 Å². The Bertz CT molecular complexity index is 536. The average molecular weight is 476 g/mol. The molecule has 0 saturated carbocycles. The predicted molar refractivity (Wildman–Crippen MR) is 118 cm³/mol. The van der Waals surface area contributed by atoms with Crippen molar-refractivity contribution in [2.75, 3.05) is 45.9 Å². The van der Waals surface area contributed by atoms with Crippen molar-refractivity contribution in [3.63, 3.8) is 0 Å². The second kappa shape index (κ2) is 13.2. The van der Waals surface area contributed by atoms with E-state index in [9.17, 15) is 0 Å². The number of nitrogens with two attached hydrogens (primary N) is 1. The fraction of sp³-hybridized carbons (Fsp3) is 0.632. The first-order chi connectivity index (χ1) is 12.2. The second-order valence-electron chi connectivity index (χ2n) is 6.37. The number of aryl methyl sites for hydroxylation is 1. The number of benzene rings is 1. The fourth-order valence-corrected chi connectivity index (χ4v) is 2.72. The Labute approximate surface area is 174 Å². The van der Waals surface area contributed by atoms with Crippen LogP contribution >= 0.6 is 24.0 Å². The molecule has 7 heteroatoms. The van der Waals surface area contributed by atoms with Crippen LogP contribution in [0.15, 0.2) is 29.3 Å². The van der Waals surface area contributed by atoms with Crippen LogP contribution in [0.1, 0.15) is 25.3 Å². The molecule has 148 valence electrons. The van der Waals surface area contributed by atoms with Gasteiger partial charge in [0.2, 0.25) is 0 Å². The molecule has 6 nitrogen and oxygen atoms in total. The Morgan fingerprint density at radius 3 is 2.77 bits per heavy atom. The third kappa shape index (κ3) is 8.55. The summed E-state index contributed by atoms with van der Waals surface area (Å²) in [6.45, 7) is 10.4. The topological polar surface area (TPSA) is 72.1 Å². The van der Waals surface area contributed by atoms with Crippen LogP contribution < -0.4 is 15.8 Å². The molecule has 26 heavy (non-hydrogen) atoms. The fourth-order valence-electron chi connectivity index (χ4n) is 2.72. The quantitative estimate of drug-likeness (QED) is 0.248. The highest BCUT2D eigenvalue weighted by Crippen LogP contribution is 2.18. The standard InChI is InChI=1S/C19H32N4O2.HI/c1-3-17(25-18-8-5-4-7-16(18)2)15-22-19(20)21-9-6-10-23-11-13-24-14-12-23;/h4-5,7-8,17H,3,6,9-15H2,1-2H3,(H3,20,21,22);1H. The van der Waals surface area contributed by atoms with Gasteiger partial charge in [0.25, 0.3) is 0 Å². The molecule has 0 aromatic heterocycles. The normalized spacial score (nSPS) is 16.6. The van der Waals surface area contributed by atoms with Gasteiger partial charge >= 0.3 is 0 Å². The second-order valence-corrected chi connectivity index (χ2v) is 6.37. The molecule has 1 aliphatic rings. The number of hydrogen-bond donors (Lipinski definition) is 2. The Balaban J connectivity index is 0.00000338. The molecule has 0 aliphatic carbocycles. The van der Waals surface area contributed by atoms with Crippen molar-refractivity contribution in [2.45, 2.75) is 32.8 Å². The largest absolute Gasteiger partial charge is 0.488 e. The zero-order valence-corrected chi connectivity index (χ0v) is 18.3. The molecule has 2 rings (SSSR count). The van der Waals surface area contributed by atoms with E-state index in [1.54, 1.807) is 0 Å². The number of halogens is 1. The predicted octanol–water partition coefficient (Wildman–Crippen LogP) is 2.40. The third-order valence-electron chi connectivity index (χ3n) is 4.37. The van der Waals surface area contributed by atoms with E-state index in [1.165, 1.54) is 0 Å². The number of ether oxygens (including phenoxy) is 2. The third-order valence-corrected chi connectivity index (χ3v) is 4.37. The molecule has 1 unspecified atom stereocenters. The van der Waals surface area contributed by atoms with Gasteiger partial charge in [-0.1, -0.05) is 25.1 Å². The van der Waals surface area contributed by atoms with Gasteiger partial charge in [0.15, 0.2) is 5.96 Å². The van der Waals surface area contributed by atoms with Crippen LogP contribution in [-0.2, 0) is 4.74 Å². The van der Waals surface area contributed by atoms with Crippen LogP contribution in [0, 0.1) is 6.92 Å². The van der Waals surface area contributed by atoms with Crippen LogP contribution in [0.25, 0.3) is 0 Å². The molecule has 3 N–H and O–H groups in total. The minimum atomic E-state index is 0. The summed E-state index contributed by atoms with van der Waals surface area (Å²) < 4.78 is 11.4. The highest BCUT2D eigenvalue weighted by molar-refractivity contribution is 14.0. The molecule has 0 spiro atoms. The number of nitrogens with one attached hydrogen (secondary N) is 1. The van der Waals surface area contributed by atoms with Crippen molar-refractivity contribution in [2.24, 2.45) is 10.7 Å². The van der Waals surface area contributed by atoms with Gasteiger partial charge in [-0.3, -0.25) is 4.90 Å². The first-order valence-corrected chi connectivity index (χ1v) is 9.25. The van der Waals surface area contributed by atoms with E-state index in [2.05, 4.69) is 35.1 Å². The van der Waals surface area contributed by atoms with Gasteiger partial charge in [-0.15, -0.1) is 24.0 Å². The van der Waals surface area contributed by atoms with Crippen molar-refractivity contribution in [3.05, 3.63) is 29.8 Å². The van der Waals surface area contributed by atoms with Crippen molar-refractivity contribution in [1.29, 1.82) is 0 Å². The van der Waals surface area contributed by atoms with Crippen molar-refractivity contribution < 1.29 is 9.47 Å². The van der Waals surface area contributed by atoms with Gasteiger partial charge in [0, 0.05) is 19.6 Å². The molecule has 1 saturated heterocycles. The van der Waals surface area contributed by atoms with E-state index < -0.39 is 0 Å². The van der Waals surface area contributed by atoms with Crippen LogP contribution in [-0.4, -0.2) is 62.9 Å². The maximum absolute atomic E-state index is 6.04. The lowest BCUT2D eigenvalue weighted by Gasteiger charge is -2.26. The first-order valence-electron chi connectivity index (χ1n) is 9.25. The Kier molecular flexibility index (Phi) is 11.6. The molecule has 1 aliphatic heterocycles. The maximum Gasteiger partial charge on any atom is 0.188 e. The van der Waals surface area contributed by atoms with Crippen molar-refractivity contribution in [1.82, 2.24) is 10.2 Å². The Morgan fingerprint density at radius 1 is 1.35 bits per heavy atom. The highest BCUT2D eigenvalue weighted by Gasteiger charge is 2.10. The summed E-state index contributed by atoms with van der Waals surface area (Å²) in [6.07, 6.45) is 1.98. The minimum absolute atomic E-state index is 0. The number of nitrogens with zero attached hydrogens (tertiary/aromatic N) is 2. The number of hydrogen-bond acceptors (Lipinski definition) is 4. The molecule has 0 bridgehead atoms. The minimum Gasteiger partial charge on any atom is -0.488 e. The zero-order valence-electron chi connectivity index (χ0n) is 15.9. The summed E-state index contributed by atoms with van der Waals surface area (Å²) in [5.41, 5.74) is 7.11. The van der Waals surface area contributed by atoms with Crippen LogP contribution in [0.2, 0.25) is 0 Å². The van der Waals surface area contributed by atoms with Crippen LogP contribution in [0.3, 0.4) is 0 Å². The maximum atomic E-state index is 6.04. The monoisotopic (exact) mass is 476 g/mol. The van der Waals surface area contributed by atoms with E-state index in [0.717, 1.165) is 63.5 Å². The zero-order chi connectivity index (χ0) is 17.9. The Morgan fingerprint density at radius 2 is 2.08 bits per heavy atom. The van der Waals surface area contributed by atoms with Gasteiger partial charge in [-0.2, -0.15) is 0 Å². The van der Waals surface area contributed by atoms with Gasteiger partial charge < -0.3 is 20.5 Å². The van der Waals surface area contributed by atoms with Crippen LogP contribution in [0.4, 0.5) is 0 Å². The molecule has 0 radical (unpaired) electrons. The van der Waals surface area contributed by atoms with Gasteiger partial charge in [0.05, 0.1) is 19.8 Å². The lowest BCUT2D eigenvalue weighted by molar-refractivity contribution is 0.0376. The summed E-state index contributed by atoms with van der Waals surface area (Å²) in [4.78, 5) is 6.85. The van der Waals surface area contributed by atoms with Crippen molar-refractivity contribution >= 4 is 29.9 Å². The summed E-state index contributed by atoms with van der Waals surface area (Å²) in [5.74, 6) is 1.41. The molecule has 0 amide bonds. The Hall–Kier alpha value is -1.06. The van der Waals surface area contributed by atoms with E-state index in [0.29, 0.717) is 12.5 Å². The van der Waals surface area contributed by atoms with Crippen LogP contribution in [0.5, 0.6) is 5.75 Å². The van der Waals surface area contributed by atoms with E-state index in [4.69, 9.17) is 15.2 Å². The summed E-state index contributed by atoms with van der Waals surface area (Å²) in [7, 11) is 0. The molecule has 1 heterocycles. The number of guanidine groups is 1. The molecule has 1 atom stereocenters. The summed E-state index contributed by atoms with van der Waals surface area (Å²) in [5, 5.41) is 3.19. The molecule has 1 fully saturated rings. The number of aliphatic imine (C=N–C) groups is 1. The number of rotatable bonds is 9. The van der Waals surface area contributed by atoms with E-state index in [1.807, 2.05) is 18.2 Å². The first kappa shape index (κ1) is 23.0. The molecular weight excluding hydrogens is 443 g/mol. The molecule has 1 aromatic carbocycles. The highest BCUT2D eigenvalue weighted by atomic mass is 127.